The van der Waals surface area contributed by atoms with Crippen molar-refractivity contribution in [2.45, 2.75) is 0 Å². The summed E-state index contributed by atoms with van der Waals surface area (Å²) in [5.41, 5.74) is 12.8. The van der Waals surface area contributed by atoms with Gasteiger partial charge in [0.05, 0.1) is 34.0 Å². The van der Waals surface area contributed by atoms with Crippen LogP contribution in [0.25, 0.3) is 117 Å². The number of para-hydroxylation sites is 3. The average Bonchev–Trinajstić information content (AvgIpc) is 3.95. The SMILES string of the molecule is c1ccc(-c2nc(-c3ccc(-c4cc5c(-c6ccccc6)nc6ccccc6c5c5nsnc45)cc3)nc(-c3ccc(-n4c5ccccc5c5ccccc54)cc3)n2)cc1. The molecule has 8 aromatic carbocycles. The van der Waals surface area contributed by atoms with E-state index >= 15 is 0 Å². The molecule has 0 N–H and O–H groups in total. The molecule has 0 aliphatic carbocycles. The summed E-state index contributed by atoms with van der Waals surface area (Å²) in [7, 11) is 0. The van der Waals surface area contributed by atoms with E-state index in [1.807, 2.05) is 42.5 Å². The topological polar surface area (TPSA) is 82.3 Å². The standard InChI is InChI=1S/C52H31N7S/c1-3-13-33(14-4-1)47-42-31-41(48-49(58-60-57-48)46(42)40-19-7-10-20-43(40)53-47)32-23-25-35(26-24-32)51-54-50(34-15-5-2-6-16-34)55-52(56-51)36-27-29-37(30-28-36)59-44-21-11-8-17-38(44)39-18-9-12-22-45(39)59/h1-31H. The fourth-order valence-electron chi connectivity index (χ4n) is 8.51. The second-order valence-electron chi connectivity index (χ2n) is 14.8. The molecule has 280 valence electrons. The lowest BCUT2D eigenvalue weighted by Crippen LogP contribution is -2.00. The number of aromatic nitrogens is 7. The maximum atomic E-state index is 5.19. The van der Waals surface area contributed by atoms with Gasteiger partial charge in [-0.3, -0.25) is 0 Å². The lowest BCUT2D eigenvalue weighted by Gasteiger charge is -2.13. The third-order valence-electron chi connectivity index (χ3n) is 11.3. The van der Waals surface area contributed by atoms with Crippen LogP contribution in [-0.2, 0) is 0 Å². The molecule has 0 radical (unpaired) electrons. The molecule has 0 aliphatic heterocycles. The van der Waals surface area contributed by atoms with E-state index in [0.717, 1.165) is 77.5 Å². The molecule has 0 amide bonds. The number of pyridine rings is 1. The van der Waals surface area contributed by atoms with Gasteiger partial charge in [0.2, 0.25) is 0 Å². The first-order valence-corrected chi connectivity index (χ1v) is 20.5. The molecule has 12 aromatic rings. The molecule has 4 aromatic heterocycles. The molecule has 60 heavy (non-hydrogen) atoms. The van der Waals surface area contributed by atoms with Gasteiger partial charge in [-0.05, 0) is 54.1 Å². The van der Waals surface area contributed by atoms with Crippen LogP contribution in [0.2, 0.25) is 0 Å². The molecule has 0 bridgehead atoms. The number of hydrogen-bond acceptors (Lipinski definition) is 7. The van der Waals surface area contributed by atoms with Crippen molar-refractivity contribution in [1.82, 2.24) is 33.3 Å². The lowest BCUT2D eigenvalue weighted by molar-refractivity contribution is 1.07. The van der Waals surface area contributed by atoms with Crippen molar-refractivity contribution in [3.63, 3.8) is 0 Å². The van der Waals surface area contributed by atoms with Crippen molar-refractivity contribution in [1.29, 1.82) is 0 Å². The summed E-state index contributed by atoms with van der Waals surface area (Å²) >= 11 is 1.24. The minimum absolute atomic E-state index is 0.595. The highest BCUT2D eigenvalue weighted by Crippen LogP contribution is 2.41. The molecular weight excluding hydrogens is 755 g/mol. The van der Waals surface area contributed by atoms with E-state index in [0.29, 0.717) is 17.5 Å². The summed E-state index contributed by atoms with van der Waals surface area (Å²) in [5.74, 6) is 1.82. The molecule has 7 nitrogen and oxygen atoms in total. The highest BCUT2D eigenvalue weighted by Gasteiger charge is 2.20. The Hall–Kier alpha value is -7.94. The van der Waals surface area contributed by atoms with Gasteiger partial charge in [0.1, 0.15) is 11.0 Å². The number of fused-ring (bicyclic) bond motifs is 8. The van der Waals surface area contributed by atoms with E-state index in [9.17, 15) is 0 Å². The Morgan fingerprint density at radius 2 is 0.850 bits per heavy atom. The van der Waals surface area contributed by atoms with Crippen LogP contribution < -0.4 is 0 Å². The monoisotopic (exact) mass is 785 g/mol. The van der Waals surface area contributed by atoms with Crippen molar-refractivity contribution in [2.75, 3.05) is 0 Å². The highest BCUT2D eigenvalue weighted by atomic mass is 32.1. The zero-order valence-corrected chi connectivity index (χ0v) is 32.8. The Bertz CT molecular complexity index is 3530. The molecule has 0 atom stereocenters. The Kier molecular flexibility index (Phi) is 7.89. The average molecular weight is 786 g/mol. The Labute approximate surface area is 348 Å². The van der Waals surface area contributed by atoms with Crippen molar-refractivity contribution in [2.24, 2.45) is 0 Å². The van der Waals surface area contributed by atoms with Crippen LogP contribution in [0.3, 0.4) is 0 Å². The third-order valence-corrected chi connectivity index (χ3v) is 11.9. The summed E-state index contributed by atoms with van der Waals surface area (Å²) < 4.78 is 12.1. The van der Waals surface area contributed by atoms with Gasteiger partial charge >= 0.3 is 0 Å². The minimum atomic E-state index is 0.595. The van der Waals surface area contributed by atoms with Gasteiger partial charge in [0, 0.05) is 60.4 Å². The second kappa shape index (κ2) is 13.9. The van der Waals surface area contributed by atoms with E-state index in [1.54, 1.807) is 0 Å². The Morgan fingerprint density at radius 3 is 1.48 bits per heavy atom. The predicted octanol–water partition coefficient (Wildman–Crippen LogP) is 13.0. The first kappa shape index (κ1) is 34.1. The van der Waals surface area contributed by atoms with Gasteiger partial charge in [0.15, 0.2) is 17.5 Å². The van der Waals surface area contributed by atoms with Gasteiger partial charge in [-0.15, -0.1) is 0 Å². The first-order chi connectivity index (χ1) is 29.7. The van der Waals surface area contributed by atoms with Gasteiger partial charge in [0.25, 0.3) is 0 Å². The predicted molar refractivity (Wildman–Crippen MR) is 245 cm³/mol. The maximum absolute atomic E-state index is 5.19. The Balaban J connectivity index is 0.969. The first-order valence-electron chi connectivity index (χ1n) is 19.8. The molecule has 0 saturated heterocycles. The molecule has 12 rings (SSSR count). The summed E-state index contributed by atoms with van der Waals surface area (Å²) in [6, 6.07) is 65.0. The largest absolute Gasteiger partial charge is 0.309 e. The fourth-order valence-corrected chi connectivity index (χ4v) is 9.08. The van der Waals surface area contributed by atoms with E-state index in [4.69, 9.17) is 28.7 Å². The summed E-state index contributed by atoms with van der Waals surface area (Å²) in [5, 5.41) is 5.63. The molecule has 0 saturated carbocycles. The van der Waals surface area contributed by atoms with E-state index < -0.39 is 0 Å². The zero-order valence-electron chi connectivity index (χ0n) is 31.9. The van der Waals surface area contributed by atoms with Crippen LogP contribution in [0.5, 0.6) is 0 Å². The van der Waals surface area contributed by atoms with Gasteiger partial charge in [-0.1, -0.05) is 140 Å². The molecule has 0 unspecified atom stereocenters. The summed E-state index contributed by atoms with van der Waals surface area (Å²) in [6.45, 7) is 0. The molecule has 0 aliphatic rings. The number of benzene rings is 8. The van der Waals surface area contributed by atoms with Crippen molar-refractivity contribution < 1.29 is 0 Å². The van der Waals surface area contributed by atoms with Crippen LogP contribution in [-0.4, -0.2) is 33.3 Å². The van der Waals surface area contributed by atoms with Crippen LogP contribution in [0.1, 0.15) is 0 Å². The quantitative estimate of drug-likeness (QED) is 0.156. The molecular formula is C52H31N7S. The smallest absolute Gasteiger partial charge is 0.164 e. The molecule has 0 fully saturated rings. The summed E-state index contributed by atoms with van der Waals surface area (Å²) in [4.78, 5) is 20.3. The third kappa shape index (κ3) is 5.57. The van der Waals surface area contributed by atoms with E-state index in [-0.39, 0.29) is 0 Å². The van der Waals surface area contributed by atoms with E-state index in [2.05, 4.69) is 150 Å². The Morgan fingerprint density at radius 1 is 0.367 bits per heavy atom. The van der Waals surface area contributed by atoms with Crippen LogP contribution in [0.15, 0.2) is 188 Å². The van der Waals surface area contributed by atoms with Crippen LogP contribution in [0.4, 0.5) is 0 Å². The molecule has 0 spiro atoms. The fraction of sp³-hybridized carbons (Fsp3) is 0. The van der Waals surface area contributed by atoms with Crippen molar-refractivity contribution in [3.05, 3.63) is 188 Å². The number of rotatable bonds is 6. The molecule has 4 heterocycles. The lowest BCUT2D eigenvalue weighted by atomic mass is 9.94. The van der Waals surface area contributed by atoms with Crippen molar-refractivity contribution in [3.8, 4) is 62.2 Å². The number of nitrogens with zero attached hydrogens (tertiary/aromatic N) is 7. The summed E-state index contributed by atoms with van der Waals surface area (Å²) in [6.07, 6.45) is 0. The normalized spacial score (nSPS) is 11.7. The van der Waals surface area contributed by atoms with Crippen LogP contribution >= 0.6 is 11.7 Å². The molecule has 8 heteroatoms. The van der Waals surface area contributed by atoms with Crippen molar-refractivity contribution >= 4 is 66.2 Å². The minimum Gasteiger partial charge on any atom is -0.309 e. The second-order valence-corrected chi connectivity index (χ2v) is 15.3. The van der Waals surface area contributed by atoms with Gasteiger partial charge in [-0.25, -0.2) is 19.9 Å². The zero-order chi connectivity index (χ0) is 39.6. The van der Waals surface area contributed by atoms with Gasteiger partial charge in [-0.2, -0.15) is 8.75 Å². The van der Waals surface area contributed by atoms with Crippen LogP contribution in [0, 0.1) is 0 Å². The number of hydrogen-bond donors (Lipinski definition) is 0. The maximum Gasteiger partial charge on any atom is 0.164 e. The van der Waals surface area contributed by atoms with E-state index in [1.165, 1.54) is 33.5 Å². The highest BCUT2D eigenvalue weighted by molar-refractivity contribution is 7.00. The van der Waals surface area contributed by atoms with Gasteiger partial charge < -0.3 is 4.57 Å².